The second kappa shape index (κ2) is 5.27. The molecule has 19 heavy (non-hydrogen) atoms. The molecule has 0 saturated heterocycles. The first kappa shape index (κ1) is 13.4. The molecule has 0 aromatic heterocycles. The fourth-order valence-electron chi connectivity index (χ4n) is 2.16. The van der Waals surface area contributed by atoms with Crippen LogP contribution >= 0.6 is 0 Å². The summed E-state index contributed by atoms with van der Waals surface area (Å²) < 4.78 is 5.11. The zero-order valence-corrected chi connectivity index (χ0v) is 11.0. The molecule has 0 saturated carbocycles. The predicted molar refractivity (Wildman–Crippen MR) is 69.8 cm³/mol. The number of rotatable bonds is 5. The lowest BCUT2D eigenvalue weighted by molar-refractivity contribution is -0.120. The second-order valence-electron chi connectivity index (χ2n) is 4.45. The Bertz CT molecular complexity index is 516. The predicted octanol–water partition coefficient (Wildman–Crippen LogP) is -0.276. The van der Waals surface area contributed by atoms with E-state index < -0.39 is 11.9 Å². The van der Waals surface area contributed by atoms with Crippen molar-refractivity contribution in [3.8, 4) is 5.75 Å². The Morgan fingerprint density at radius 2 is 2.32 bits per heavy atom. The maximum Gasteiger partial charge on any atom is 0.254 e. The van der Waals surface area contributed by atoms with Gasteiger partial charge in [0, 0.05) is 18.7 Å². The maximum atomic E-state index is 12.2. The molecule has 2 rings (SSSR count). The van der Waals surface area contributed by atoms with Gasteiger partial charge in [-0.3, -0.25) is 9.59 Å². The van der Waals surface area contributed by atoms with E-state index in [2.05, 4.69) is 5.32 Å². The number of nitrogens with zero attached hydrogens (tertiary/aromatic N) is 1. The van der Waals surface area contributed by atoms with Crippen molar-refractivity contribution in [1.82, 2.24) is 10.2 Å². The lowest BCUT2D eigenvalue weighted by Crippen LogP contribution is -2.47. The molecule has 102 valence electrons. The van der Waals surface area contributed by atoms with Gasteiger partial charge in [-0.05, 0) is 24.7 Å². The highest BCUT2D eigenvalue weighted by molar-refractivity contribution is 5.99. The molecule has 0 fully saturated rings. The normalized spacial score (nSPS) is 15.3. The molecule has 6 nitrogen and oxygen atoms in total. The van der Waals surface area contributed by atoms with E-state index in [1.165, 1.54) is 0 Å². The molecule has 1 atom stereocenters. The number of amides is 2. The minimum absolute atomic E-state index is 0.101. The average molecular weight is 263 g/mol. The molecule has 0 aliphatic carbocycles. The van der Waals surface area contributed by atoms with Crippen LogP contribution in [0.15, 0.2) is 18.2 Å². The minimum atomic E-state index is -0.542. The van der Waals surface area contributed by atoms with Gasteiger partial charge in [-0.25, -0.2) is 0 Å². The van der Waals surface area contributed by atoms with E-state index in [-0.39, 0.29) is 12.5 Å². The highest BCUT2D eigenvalue weighted by Gasteiger charge is 2.30. The summed E-state index contributed by atoms with van der Waals surface area (Å²) in [7, 11) is 3.20. The number of hydrogen-bond acceptors (Lipinski definition) is 4. The van der Waals surface area contributed by atoms with Crippen molar-refractivity contribution < 1.29 is 14.3 Å². The Kier molecular flexibility index (Phi) is 3.71. The monoisotopic (exact) mass is 263 g/mol. The lowest BCUT2D eigenvalue weighted by atomic mass is 10.1. The molecule has 2 amide bonds. The number of fused-ring (bicyclic) bond motifs is 1. The van der Waals surface area contributed by atoms with Gasteiger partial charge >= 0.3 is 0 Å². The van der Waals surface area contributed by atoms with E-state index in [0.717, 1.165) is 5.56 Å². The van der Waals surface area contributed by atoms with Crippen molar-refractivity contribution in [3.63, 3.8) is 0 Å². The standard InChI is InChI=1S/C13H17N3O3/c1-15-11(12(14)17)7-16-6-8-3-4-9(19-2)5-10(8)13(16)18/h3-5,11,15H,6-7H2,1-2H3,(H2,14,17). The smallest absolute Gasteiger partial charge is 0.254 e. The summed E-state index contributed by atoms with van der Waals surface area (Å²) >= 11 is 0. The summed E-state index contributed by atoms with van der Waals surface area (Å²) in [6, 6.07) is 4.86. The summed E-state index contributed by atoms with van der Waals surface area (Å²) in [5.41, 5.74) is 6.82. The first-order valence-corrected chi connectivity index (χ1v) is 5.99. The van der Waals surface area contributed by atoms with Gasteiger partial charge in [0.2, 0.25) is 5.91 Å². The van der Waals surface area contributed by atoms with Gasteiger partial charge in [-0.2, -0.15) is 0 Å². The van der Waals surface area contributed by atoms with Gasteiger partial charge in [0.1, 0.15) is 11.8 Å². The summed E-state index contributed by atoms with van der Waals surface area (Å²) in [4.78, 5) is 25.0. The van der Waals surface area contributed by atoms with E-state index in [1.807, 2.05) is 12.1 Å². The van der Waals surface area contributed by atoms with Crippen LogP contribution < -0.4 is 15.8 Å². The highest BCUT2D eigenvalue weighted by atomic mass is 16.5. The summed E-state index contributed by atoms with van der Waals surface area (Å²) in [6.07, 6.45) is 0. The van der Waals surface area contributed by atoms with Crippen molar-refractivity contribution in [2.45, 2.75) is 12.6 Å². The van der Waals surface area contributed by atoms with Gasteiger partial charge in [-0.15, -0.1) is 0 Å². The summed E-state index contributed by atoms with van der Waals surface area (Å²) in [5, 5.41) is 2.81. The van der Waals surface area contributed by atoms with E-state index in [9.17, 15) is 9.59 Å². The Morgan fingerprint density at radius 3 is 2.89 bits per heavy atom. The van der Waals surface area contributed by atoms with Crippen LogP contribution in [0.1, 0.15) is 15.9 Å². The van der Waals surface area contributed by atoms with Crippen molar-refractivity contribution in [2.75, 3.05) is 20.7 Å². The average Bonchev–Trinajstić information content (AvgIpc) is 2.71. The number of ether oxygens (including phenoxy) is 1. The number of nitrogens with one attached hydrogen (secondary N) is 1. The number of benzene rings is 1. The van der Waals surface area contributed by atoms with Crippen LogP contribution in [-0.2, 0) is 11.3 Å². The molecule has 1 aromatic rings. The third-order valence-corrected chi connectivity index (χ3v) is 3.29. The van der Waals surface area contributed by atoms with Crippen molar-refractivity contribution in [3.05, 3.63) is 29.3 Å². The summed E-state index contributed by atoms with van der Waals surface area (Å²) in [6.45, 7) is 0.755. The SMILES string of the molecule is CNC(CN1Cc2ccc(OC)cc2C1=O)C(N)=O. The van der Waals surface area contributed by atoms with Gasteiger partial charge < -0.3 is 20.7 Å². The molecule has 0 spiro atoms. The number of likely N-dealkylation sites (N-methyl/N-ethyl adjacent to an activating group) is 1. The molecule has 1 unspecified atom stereocenters. The van der Waals surface area contributed by atoms with Crippen LogP contribution in [0.4, 0.5) is 0 Å². The van der Waals surface area contributed by atoms with Crippen LogP contribution in [0, 0.1) is 0 Å². The van der Waals surface area contributed by atoms with Gasteiger partial charge in [0.05, 0.1) is 7.11 Å². The van der Waals surface area contributed by atoms with Gasteiger partial charge in [-0.1, -0.05) is 6.07 Å². The van der Waals surface area contributed by atoms with Gasteiger partial charge in [0.25, 0.3) is 5.91 Å². The van der Waals surface area contributed by atoms with E-state index in [4.69, 9.17) is 10.5 Å². The molecule has 6 heteroatoms. The van der Waals surface area contributed by atoms with Crippen LogP contribution in [-0.4, -0.2) is 43.5 Å². The van der Waals surface area contributed by atoms with Crippen LogP contribution in [0.3, 0.4) is 0 Å². The number of carbonyl (C=O) groups excluding carboxylic acids is 2. The quantitative estimate of drug-likeness (QED) is 0.765. The van der Waals surface area contributed by atoms with Crippen LogP contribution in [0.5, 0.6) is 5.75 Å². The zero-order chi connectivity index (χ0) is 14.0. The van der Waals surface area contributed by atoms with Crippen LogP contribution in [0.25, 0.3) is 0 Å². The number of hydrogen-bond donors (Lipinski definition) is 2. The van der Waals surface area contributed by atoms with Crippen LogP contribution in [0.2, 0.25) is 0 Å². The first-order chi connectivity index (χ1) is 9.06. The molecular weight excluding hydrogens is 246 g/mol. The highest BCUT2D eigenvalue weighted by Crippen LogP contribution is 2.26. The molecule has 1 heterocycles. The fourth-order valence-corrected chi connectivity index (χ4v) is 2.16. The molecule has 0 radical (unpaired) electrons. The minimum Gasteiger partial charge on any atom is -0.497 e. The lowest BCUT2D eigenvalue weighted by Gasteiger charge is -2.20. The zero-order valence-electron chi connectivity index (χ0n) is 11.0. The molecule has 1 aromatic carbocycles. The van der Waals surface area contributed by atoms with E-state index >= 15 is 0 Å². The fraction of sp³-hybridized carbons (Fsp3) is 0.385. The van der Waals surface area contributed by atoms with Gasteiger partial charge in [0.15, 0.2) is 0 Å². The third-order valence-electron chi connectivity index (χ3n) is 3.29. The van der Waals surface area contributed by atoms with E-state index in [0.29, 0.717) is 17.9 Å². The number of methoxy groups -OCH3 is 1. The molecule has 3 N–H and O–H groups in total. The Balaban J connectivity index is 2.17. The Labute approximate surface area is 111 Å². The van der Waals surface area contributed by atoms with Crippen molar-refractivity contribution >= 4 is 11.8 Å². The number of carbonyl (C=O) groups is 2. The molecule has 0 bridgehead atoms. The molecule has 1 aliphatic heterocycles. The summed E-state index contributed by atoms with van der Waals surface area (Å²) in [5.74, 6) is 0.0771. The molecular formula is C13H17N3O3. The maximum absolute atomic E-state index is 12.2. The second-order valence-corrected chi connectivity index (χ2v) is 4.45. The van der Waals surface area contributed by atoms with Crippen molar-refractivity contribution in [1.29, 1.82) is 0 Å². The first-order valence-electron chi connectivity index (χ1n) is 5.99. The van der Waals surface area contributed by atoms with Crippen molar-refractivity contribution in [2.24, 2.45) is 5.73 Å². The topological polar surface area (TPSA) is 84.7 Å². The third kappa shape index (κ3) is 2.53. The largest absolute Gasteiger partial charge is 0.497 e. The Hall–Kier alpha value is -2.08. The number of primary amides is 1. The van der Waals surface area contributed by atoms with E-state index in [1.54, 1.807) is 25.1 Å². The Morgan fingerprint density at radius 1 is 1.58 bits per heavy atom. The number of nitrogens with two attached hydrogens (primary N) is 1. The molecule has 1 aliphatic rings.